The lowest BCUT2D eigenvalue weighted by atomic mass is 10.1. The minimum atomic E-state index is -0.744. The molecule has 0 saturated carbocycles. The number of rotatable bonds is 7. The monoisotopic (exact) mass is 484 g/mol. The molecule has 170 valence electrons. The van der Waals surface area contributed by atoms with Gasteiger partial charge in [-0.15, -0.1) is 0 Å². The van der Waals surface area contributed by atoms with Crippen LogP contribution in [0.5, 0.6) is 0 Å². The Labute approximate surface area is 200 Å². The summed E-state index contributed by atoms with van der Waals surface area (Å²) >= 11 is 12.1. The van der Waals surface area contributed by atoms with Crippen LogP contribution in [0.2, 0.25) is 10.0 Å². The number of fused-ring (bicyclic) bond motifs is 1. The highest BCUT2D eigenvalue weighted by molar-refractivity contribution is 6.42. The number of nitrogens with one attached hydrogen (secondary N) is 1. The van der Waals surface area contributed by atoms with Gasteiger partial charge >= 0.3 is 5.69 Å². The van der Waals surface area contributed by atoms with Gasteiger partial charge in [-0.25, -0.2) is 14.8 Å². The number of benzene rings is 2. The molecule has 1 amide bonds. The highest BCUT2D eigenvalue weighted by Gasteiger charge is 2.19. The molecule has 0 unspecified atom stereocenters. The molecule has 4 aromatic rings. The second kappa shape index (κ2) is 9.35. The van der Waals surface area contributed by atoms with Crippen LogP contribution in [-0.2, 0) is 19.5 Å². The molecule has 2 aromatic heterocycles. The van der Waals surface area contributed by atoms with Gasteiger partial charge in [-0.3, -0.25) is 9.36 Å². The van der Waals surface area contributed by atoms with E-state index in [1.54, 1.807) is 12.1 Å². The van der Waals surface area contributed by atoms with Crippen molar-refractivity contribution >= 4 is 40.3 Å². The van der Waals surface area contributed by atoms with Crippen molar-refractivity contribution in [1.29, 1.82) is 0 Å². The summed E-state index contributed by atoms with van der Waals surface area (Å²) in [5.41, 5.74) is 8.38. The maximum atomic E-state index is 12.7. The molecule has 2 heterocycles. The van der Waals surface area contributed by atoms with Crippen LogP contribution in [0, 0.1) is 0 Å². The largest absolute Gasteiger partial charge is 0.364 e. The molecule has 0 saturated heterocycles. The first-order valence-corrected chi connectivity index (χ1v) is 11.0. The van der Waals surface area contributed by atoms with Gasteiger partial charge in [0, 0.05) is 18.7 Å². The van der Waals surface area contributed by atoms with E-state index in [-0.39, 0.29) is 11.2 Å². The average molecular weight is 485 g/mol. The molecule has 0 aliphatic rings. The highest BCUT2D eigenvalue weighted by Crippen LogP contribution is 2.24. The van der Waals surface area contributed by atoms with Gasteiger partial charge in [0.15, 0.2) is 17.2 Å². The van der Waals surface area contributed by atoms with Crippen molar-refractivity contribution in [3.63, 3.8) is 0 Å². The lowest BCUT2D eigenvalue weighted by Gasteiger charge is -2.11. The standard InChI is InChI=1S/C23H22Cl2N6O2/c1-30(2)12-14-4-3-5-15(10-14)21-27-18(20(26)32)19-22(29-21)31(23(33)28-19)9-8-13-6-7-16(24)17(25)11-13/h3-7,10-11H,8-9,12H2,1-2H3,(H2,26,32)(H,28,33). The van der Waals surface area contributed by atoms with Gasteiger partial charge in [0.2, 0.25) is 0 Å². The number of imidazole rings is 1. The van der Waals surface area contributed by atoms with E-state index in [9.17, 15) is 9.59 Å². The summed E-state index contributed by atoms with van der Waals surface area (Å²) in [6.45, 7) is 1.05. The Hall–Kier alpha value is -3.20. The van der Waals surface area contributed by atoms with E-state index < -0.39 is 11.6 Å². The topological polar surface area (TPSA) is 110 Å². The molecule has 0 bridgehead atoms. The van der Waals surface area contributed by atoms with E-state index in [2.05, 4.69) is 15.0 Å². The zero-order valence-electron chi connectivity index (χ0n) is 18.1. The Morgan fingerprint density at radius 1 is 1.09 bits per heavy atom. The summed E-state index contributed by atoms with van der Waals surface area (Å²) in [4.78, 5) is 38.6. The third kappa shape index (κ3) is 4.93. The number of hydrogen-bond acceptors (Lipinski definition) is 5. The first kappa shape index (κ1) is 23.0. The Kier molecular flexibility index (Phi) is 6.51. The normalized spacial score (nSPS) is 11.4. The van der Waals surface area contributed by atoms with Gasteiger partial charge in [-0.2, -0.15) is 0 Å². The summed E-state index contributed by atoms with van der Waals surface area (Å²) < 4.78 is 1.47. The van der Waals surface area contributed by atoms with Crippen molar-refractivity contribution in [2.45, 2.75) is 19.5 Å². The Morgan fingerprint density at radius 2 is 1.88 bits per heavy atom. The molecule has 0 aliphatic heterocycles. The number of aryl methyl sites for hydroxylation is 2. The van der Waals surface area contributed by atoms with Crippen molar-refractivity contribution in [1.82, 2.24) is 24.4 Å². The molecule has 33 heavy (non-hydrogen) atoms. The Morgan fingerprint density at radius 3 is 2.58 bits per heavy atom. The number of nitrogens with zero attached hydrogens (tertiary/aromatic N) is 4. The van der Waals surface area contributed by atoms with Crippen LogP contribution in [0.1, 0.15) is 21.6 Å². The molecule has 0 spiro atoms. The molecule has 8 nitrogen and oxygen atoms in total. The quantitative estimate of drug-likeness (QED) is 0.417. The van der Waals surface area contributed by atoms with Gasteiger partial charge in [0.05, 0.1) is 10.0 Å². The second-order valence-corrected chi connectivity index (χ2v) is 8.79. The van der Waals surface area contributed by atoms with Crippen molar-refractivity contribution < 1.29 is 4.79 Å². The maximum Gasteiger partial charge on any atom is 0.327 e. The van der Waals surface area contributed by atoms with E-state index in [4.69, 9.17) is 28.9 Å². The fraction of sp³-hybridized carbons (Fsp3) is 0.217. The lowest BCUT2D eigenvalue weighted by Crippen LogP contribution is -2.18. The molecule has 3 N–H and O–H groups in total. The molecule has 10 heteroatoms. The van der Waals surface area contributed by atoms with Gasteiger partial charge in [-0.05, 0) is 49.8 Å². The first-order chi connectivity index (χ1) is 15.7. The Balaban J connectivity index is 1.78. The number of aromatic nitrogens is 4. The number of carbonyl (C=O) groups excluding carboxylic acids is 1. The molecule has 0 fully saturated rings. The van der Waals surface area contributed by atoms with E-state index >= 15 is 0 Å². The number of aromatic amines is 1. The lowest BCUT2D eigenvalue weighted by molar-refractivity contribution is 0.0997. The summed E-state index contributed by atoms with van der Waals surface area (Å²) in [7, 11) is 3.96. The molecular weight excluding hydrogens is 463 g/mol. The fourth-order valence-electron chi connectivity index (χ4n) is 3.65. The summed E-state index contributed by atoms with van der Waals surface area (Å²) in [5.74, 6) is -0.426. The summed E-state index contributed by atoms with van der Waals surface area (Å²) in [5, 5.41) is 0.906. The van der Waals surface area contributed by atoms with Crippen molar-refractivity contribution in [3.05, 3.63) is 79.8 Å². The van der Waals surface area contributed by atoms with E-state index in [1.807, 2.05) is 49.3 Å². The predicted molar refractivity (Wildman–Crippen MR) is 130 cm³/mol. The molecule has 0 aliphatic carbocycles. The van der Waals surface area contributed by atoms with E-state index in [0.717, 1.165) is 23.2 Å². The van der Waals surface area contributed by atoms with Crippen LogP contribution in [-0.4, -0.2) is 44.4 Å². The van der Waals surface area contributed by atoms with Gasteiger partial charge < -0.3 is 15.6 Å². The number of amides is 1. The Bertz CT molecular complexity index is 1410. The number of nitrogens with two attached hydrogens (primary N) is 1. The number of halogens is 2. The zero-order chi connectivity index (χ0) is 23.7. The third-order valence-electron chi connectivity index (χ3n) is 5.15. The summed E-state index contributed by atoms with van der Waals surface area (Å²) in [6, 6.07) is 13.0. The minimum Gasteiger partial charge on any atom is -0.364 e. The number of hydrogen-bond donors (Lipinski definition) is 2. The van der Waals surface area contributed by atoms with Crippen LogP contribution < -0.4 is 11.4 Å². The smallest absolute Gasteiger partial charge is 0.327 e. The van der Waals surface area contributed by atoms with Crippen molar-refractivity contribution in [2.75, 3.05) is 14.1 Å². The number of primary amides is 1. The molecule has 2 aromatic carbocycles. The van der Waals surface area contributed by atoms with Crippen molar-refractivity contribution in [3.8, 4) is 11.4 Å². The van der Waals surface area contributed by atoms with E-state index in [0.29, 0.717) is 34.5 Å². The van der Waals surface area contributed by atoms with E-state index in [1.165, 1.54) is 4.57 Å². The average Bonchev–Trinajstić information content (AvgIpc) is 3.08. The van der Waals surface area contributed by atoms with Gasteiger partial charge in [0.1, 0.15) is 5.52 Å². The summed E-state index contributed by atoms with van der Waals surface area (Å²) in [6.07, 6.45) is 0.507. The van der Waals surface area contributed by atoms with Crippen LogP contribution in [0.15, 0.2) is 47.3 Å². The maximum absolute atomic E-state index is 12.7. The van der Waals surface area contributed by atoms with Crippen LogP contribution in [0.4, 0.5) is 0 Å². The molecule has 0 radical (unpaired) electrons. The van der Waals surface area contributed by atoms with Crippen LogP contribution in [0.25, 0.3) is 22.6 Å². The van der Waals surface area contributed by atoms with Gasteiger partial charge in [0.25, 0.3) is 5.91 Å². The SMILES string of the molecule is CN(C)Cc1cccc(-c2nc(C(N)=O)c3[nH]c(=O)n(CCc4ccc(Cl)c(Cl)c4)c3n2)c1. The minimum absolute atomic E-state index is 0.0293. The third-order valence-corrected chi connectivity index (χ3v) is 5.89. The first-order valence-electron chi connectivity index (χ1n) is 10.2. The molecular formula is C23H22Cl2N6O2. The predicted octanol–water partition coefficient (Wildman–Crippen LogP) is 3.50. The zero-order valence-corrected chi connectivity index (χ0v) is 19.6. The number of H-pyrrole nitrogens is 1. The second-order valence-electron chi connectivity index (χ2n) is 7.98. The van der Waals surface area contributed by atoms with Crippen LogP contribution >= 0.6 is 23.2 Å². The fourth-order valence-corrected chi connectivity index (χ4v) is 3.98. The van der Waals surface area contributed by atoms with Crippen LogP contribution in [0.3, 0.4) is 0 Å². The highest BCUT2D eigenvalue weighted by atomic mass is 35.5. The molecule has 4 rings (SSSR count). The van der Waals surface area contributed by atoms with Crippen molar-refractivity contribution in [2.24, 2.45) is 5.73 Å². The number of carbonyl (C=O) groups is 1. The van der Waals surface area contributed by atoms with Gasteiger partial charge in [-0.1, -0.05) is 47.5 Å². The molecule has 0 atom stereocenters.